The third-order valence-electron chi connectivity index (χ3n) is 3.55. The van der Waals surface area contributed by atoms with Gasteiger partial charge in [-0.15, -0.1) is 0 Å². The van der Waals surface area contributed by atoms with Crippen LogP contribution in [-0.4, -0.2) is 80.5 Å². The van der Waals surface area contributed by atoms with Crippen molar-refractivity contribution >= 4 is 6.09 Å². The van der Waals surface area contributed by atoms with E-state index in [0.29, 0.717) is 5.92 Å². The summed E-state index contributed by atoms with van der Waals surface area (Å²) < 4.78 is 11.1. The number of piperazine rings is 1. The van der Waals surface area contributed by atoms with Crippen LogP contribution in [0.5, 0.6) is 0 Å². The molecule has 136 valence electrons. The number of hydrogen-bond acceptors (Lipinski definition) is 5. The van der Waals surface area contributed by atoms with Crippen LogP contribution in [0.15, 0.2) is 0 Å². The first kappa shape index (κ1) is 20.2. The molecule has 6 heteroatoms. The van der Waals surface area contributed by atoms with E-state index in [1.54, 1.807) is 4.90 Å². The smallest absolute Gasteiger partial charge is 0.410 e. The molecule has 0 atom stereocenters. The van der Waals surface area contributed by atoms with E-state index < -0.39 is 5.60 Å². The number of carbonyl (C=O) groups is 1. The SMILES string of the molecule is CC(C)CNCCOCCN1CCN(C(=O)OC(C)(C)C)CC1. The van der Waals surface area contributed by atoms with E-state index in [9.17, 15) is 4.79 Å². The van der Waals surface area contributed by atoms with E-state index in [0.717, 1.165) is 59.0 Å². The van der Waals surface area contributed by atoms with Crippen molar-refractivity contribution in [3.63, 3.8) is 0 Å². The Hall–Kier alpha value is -0.850. The van der Waals surface area contributed by atoms with E-state index in [4.69, 9.17) is 9.47 Å². The van der Waals surface area contributed by atoms with E-state index in [2.05, 4.69) is 24.1 Å². The Morgan fingerprint density at radius 3 is 2.35 bits per heavy atom. The molecule has 6 nitrogen and oxygen atoms in total. The first-order valence-corrected chi connectivity index (χ1v) is 8.76. The van der Waals surface area contributed by atoms with E-state index in [-0.39, 0.29) is 6.09 Å². The fraction of sp³-hybridized carbons (Fsp3) is 0.941. The molecule has 0 aromatic carbocycles. The molecule has 1 N–H and O–H groups in total. The summed E-state index contributed by atoms with van der Waals surface area (Å²) in [5, 5.41) is 3.36. The summed E-state index contributed by atoms with van der Waals surface area (Å²) in [5.41, 5.74) is -0.425. The maximum atomic E-state index is 12.0. The predicted octanol–water partition coefficient (Wildman–Crippen LogP) is 1.80. The van der Waals surface area contributed by atoms with Gasteiger partial charge in [-0.05, 0) is 33.2 Å². The molecule has 0 bridgehead atoms. The molecule has 0 radical (unpaired) electrons. The van der Waals surface area contributed by atoms with Gasteiger partial charge in [0.1, 0.15) is 5.60 Å². The van der Waals surface area contributed by atoms with Crippen LogP contribution >= 0.6 is 0 Å². The lowest BCUT2D eigenvalue weighted by molar-refractivity contribution is 0.0116. The fourth-order valence-electron chi connectivity index (χ4n) is 2.31. The molecule has 1 rings (SSSR count). The van der Waals surface area contributed by atoms with Crippen LogP contribution in [0.2, 0.25) is 0 Å². The van der Waals surface area contributed by atoms with Gasteiger partial charge in [0.15, 0.2) is 0 Å². The zero-order valence-corrected chi connectivity index (χ0v) is 15.6. The summed E-state index contributed by atoms with van der Waals surface area (Å²) in [6.45, 7) is 17.7. The van der Waals surface area contributed by atoms with Gasteiger partial charge < -0.3 is 19.7 Å². The second kappa shape index (κ2) is 10.1. The van der Waals surface area contributed by atoms with Crippen molar-refractivity contribution in [3.8, 4) is 0 Å². The summed E-state index contributed by atoms with van der Waals surface area (Å²) in [5.74, 6) is 0.677. The number of nitrogens with zero attached hydrogens (tertiary/aromatic N) is 2. The minimum absolute atomic E-state index is 0.204. The largest absolute Gasteiger partial charge is 0.444 e. The average Bonchev–Trinajstić information content (AvgIpc) is 2.44. The van der Waals surface area contributed by atoms with E-state index >= 15 is 0 Å². The molecule has 0 spiro atoms. The van der Waals surface area contributed by atoms with Crippen molar-refractivity contribution in [2.24, 2.45) is 5.92 Å². The summed E-state index contributed by atoms with van der Waals surface area (Å²) in [6, 6.07) is 0. The fourth-order valence-corrected chi connectivity index (χ4v) is 2.31. The van der Waals surface area contributed by atoms with Gasteiger partial charge in [-0.2, -0.15) is 0 Å². The number of amides is 1. The maximum Gasteiger partial charge on any atom is 0.410 e. The van der Waals surface area contributed by atoms with Gasteiger partial charge in [-0.3, -0.25) is 4.90 Å². The number of hydrogen-bond donors (Lipinski definition) is 1. The number of nitrogens with one attached hydrogen (secondary N) is 1. The standard InChI is InChI=1S/C17H35N3O3/c1-15(2)14-18-6-12-22-13-11-19-7-9-20(10-8-19)16(21)23-17(3,4)5/h15,18H,6-14H2,1-5H3. The predicted molar refractivity (Wildman–Crippen MR) is 92.8 cm³/mol. The lowest BCUT2D eigenvalue weighted by Crippen LogP contribution is -2.50. The lowest BCUT2D eigenvalue weighted by Gasteiger charge is -2.35. The van der Waals surface area contributed by atoms with Gasteiger partial charge in [-0.25, -0.2) is 4.79 Å². The molecule has 0 aromatic rings. The Morgan fingerprint density at radius 1 is 1.13 bits per heavy atom. The minimum Gasteiger partial charge on any atom is -0.444 e. The van der Waals surface area contributed by atoms with Gasteiger partial charge in [0.05, 0.1) is 13.2 Å². The van der Waals surface area contributed by atoms with Crippen LogP contribution in [0.3, 0.4) is 0 Å². The first-order chi connectivity index (χ1) is 10.8. The summed E-state index contributed by atoms with van der Waals surface area (Å²) in [6.07, 6.45) is -0.204. The van der Waals surface area contributed by atoms with Crippen LogP contribution < -0.4 is 5.32 Å². The average molecular weight is 329 g/mol. The molecule has 1 fully saturated rings. The summed E-state index contributed by atoms with van der Waals surface area (Å²) >= 11 is 0. The third-order valence-corrected chi connectivity index (χ3v) is 3.55. The molecular weight excluding hydrogens is 294 g/mol. The number of carbonyl (C=O) groups excluding carboxylic acids is 1. The quantitative estimate of drug-likeness (QED) is 0.688. The van der Waals surface area contributed by atoms with Gasteiger partial charge >= 0.3 is 6.09 Å². The highest BCUT2D eigenvalue weighted by Crippen LogP contribution is 2.11. The van der Waals surface area contributed by atoms with Gasteiger partial charge in [-0.1, -0.05) is 13.8 Å². The zero-order chi connectivity index (χ0) is 17.3. The Bertz CT molecular complexity index is 334. The third kappa shape index (κ3) is 9.79. The molecule has 1 aliphatic heterocycles. The molecule has 1 amide bonds. The molecule has 1 aliphatic rings. The first-order valence-electron chi connectivity index (χ1n) is 8.76. The Morgan fingerprint density at radius 2 is 1.78 bits per heavy atom. The van der Waals surface area contributed by atoms with Crippen LogP contribution in [0.4, 0.5) is 4.79 Å². The van der Waals surface area contributed by atoms with Crippen LogP contribution in [0, 0.1) is 5.92 Å². The highest BCUT2D eigenvalue weighted by Gasteiger charge is 2.25. The van der Waals surface area contributed by atoms with Crippen LogP contribution in [-0.2, 0) is 9.47 Å². The Balaban J connectivity index is 2.05. The molecule has 23 heavy (non-hydrogen) atoms. The van der Waals surface area contributed by atoms with Gasteiger partial charge in [0.25, 0.3) is 0 Å². The minimum atomic E-state index is -0.425. The topological polar surface area (TPSA) is 54.0 Å². The molecule has 0 aliphatic carbocycles. The summed E-state index contributed by atoms with van der Waals surface area (Å²) in [7, 11) is 0. The number of rotatable bonds is 8. The van der Waals surface area contributed by atoms with Crippen molar-refractivity contribution in [1.82, 2.24) is 15.1 Å². The lowest BCUT2D eigenvalue weighted by atomic mass is 10.2. The molecule has 1 saturated heterocycles. The monoisotopic (exact) mass is 329 g/mol. The molecule has 0 saturated carbocycles. The zero-order valence-electron chi connectivity index (χ0n) is 15.6. The van der Waals surface area contributed by atoms with Crippen LogP contribution in [0.25, 0.3) is 0 Å². The van der Waals surface area contributed by atoms with Gasteiger partial charge in [0, 0.05) is 39.3 Å². The van der Waals surface area contributed by atoms with Gasteiger partial charge in [0.2, 0.25) is 0 Å². The summed E-state index contributed by atoms with van der Waals surface area (Å²) in [4.78, 5) is 16.1. The Kier molecular flexibility index (Phi) is 8.87. The Labute approximate surface area is 141 Å². The van der Waals surface area contributed by atoms with Crippen molar-refractivity contribution in [3.05, 3.63) is 0 Å². The highest BCUT2D eigenvalue weighted by atomic mass is 16.6. The second-order valence-electron chi connectivity index (χ2n) is 7.52. The van der Waals surface area contributed by atoms with Crippen molar-refractivity contribution in [2.45, 2.75) is 40.2 Å². The second-order valence-corrected chi connectivity index (χ2v) is 7.52. The maximum absolute atomic E-state index is 12.0. The van der Waals surface area contributed by atoms with Crippen molar-refractivity contribution in [2.75, 3.05) is 59.0 Å². The highest BCUT2D eigenvalue weighted by molar-refractivity contribution is 5.68. The van der Waals surface area contributed by atoms with Crippen molar-refractivity contribution < 1.29 is 14.3 Å². The molecule has 1 heterocycles. The van der Waals surface area contributed by atoms with Crippen LogP contribution in [0.1, 0.15) is 34.6 Å². The molecule has 0 unspecified atom stereocenters. The molecular formula is C17H35N3O3. The van der Waals surface area contributed by atoms with E-state index in [1.807, 2.05) is 20.8 Å². The van der Waals surface area contributed by atoms with Crippen molar-refractivity contribution in [1.29, 1.82) is 0 Å². The normalized spacial score (nSPS) is 16.9. The molecule has 0 aromatic heterocycles. The number of ether oxygens (including phenoxy) is 2. The van der Waals surface area contributed by atoms with E-state index in [1.165, 1.54) is 0 Å².